The minimum absolute atomic E-state index is 0.163. The van der Waals surface area contributed by atoms with Crippen molar-refractivity contribution in [3.8, 4) is 10.6 Å². The molecule has 1 fully saturated rings. The molecule has 0 spiro atoms. The van der Waals surface area contributed by atoms with E-state index in [1.807, 2.05) is 62.4 Å². The average Bonchev–Trinajstić information content (AvgIpc) is 3.28. The number of amides is 1. The number of morpholine rings is 1. The zero-order valence-corrected chi connectivity index (χ0v) is 21.0. The first-order valence-electron chi connectivity index (χ1n) is 11.3. The van der Waals surface area contributed by atoms with Gasteiger partial charge in [0.2, 0.25) is 10.0 Å². The van der Waals surface area contributed by atoms with Crippen LogP contribution in [0.25, 0.3) is 20.8 Å². The van der Waals surface area contributed by atoms with Gasteiger partial charge in [-0.15, -0.1) is 11.3 Å². The van der Waals surface area contributed by atoms with Gasteiger partial charge in [-0.2, -0.15) is 4.31 Å². The zero-order chi connectivity index (χ0) is 24.6. The first-order chi connectivity index (χ1) is 16.8. The monoisotopic (exact) mass is 507 g/mol. The summed E-state index contributed by atoms with van der Waals surface area (Å²) < 4.78 is 34.2. The molecule has 180 valence electrons. The van der Waals surface area contributed by atoms with Crippen LogP contribution >= 0.6 is 11.3 Å². The van der Waals surface area contributed by atoms with E-state index in [2.05, 4.69) is 10.3 Å². The van der Waals surface area contributed by atoms with Crippen molar-refractivity contribution in [2.45, 2.75) is 31.0 Å². The quantitative estimate of drug-likeness (QED) is 0.410. The predicted molar refractivity (Wildman–Crippen MR) is 138 cm³/mol. The van der Waals surface area contributed by atoms with Gasteiger partial charge >= 0.3 is 0 Å². The molecule has 1 aliphatic rings. The van der Waals surface area contributed by atoms with Crippen LogP contribution < -0.4 is 5.32 Å². The molecule has 0 saturated carbocycles. The number of anilines is 1. The summed E-state index contributed by atoms with van der Waals surface area (Å²) in [6.07, 6.45) is -0.334. The van der Waals surface area contributed by atoms with Gasteiger partial charge in [-0.05, 0) is 74.5 Å². The molecule has 1 aromatic heterocycles. The number of para-hydroxylation sites is 1. The van der Waals surface area contributed by atoms with Crippen molar-refractivity contribution >= 4 is 43.2 Å². The van der Waals surface area contributed by atoms with E-state index < -0.39 is 10.0 Å². The van der Waals surface area contributed by atoms with Crippen molar-refractivity contribution in [2.24, 2.45) is 0 Å². The maximum absolute atomic E-state index is 13.0. The Bertz CT molecular complexity index is 1420. The summed E-state index contributed by atoms with van der Waals surface area (Å²) >= 11 is 1.62. The van der Waals surface area contributed by atoms with Crippen LogP contribution in [0.4, 0.5) is 5.69 Å². The van der Waals surface area contributed by atoms with Gasteiger partial charge in [-0.3, -0.25) is 4.79 Å². The fourth-order valence-electron chi connectivity index (χ4n) is 4.15. The lowest BCUT2D eigenvalue weighted by Gasteiger charge is -2.34. The van der Waals surface area contributed by atoms with Crippen LogP contribution in [0.2, 0.25) is 0 Å². The molecule has 1 aliphatic heterocycles. The van der Waals surface area contributed by atoms with E-state index in [4.69, 9.17) is 4.74 Å². The number of thiazole rings is 1. The Labute approximate surface area is 208 Å². The number of hydrogen-bond donors (Lipinski definition) is 1. The number of rotatable bonds is 5. The largest absolute Gasteiger partial charge is 0.373 e. The molecule has 0 unspecified atom stereocenters. The van der Waals surface area contributed by atoms with Crippen LogP contribution in [-0.2, 0) is 14.8 Å². The molecule has 0 radical (unpaired) electrons. The molecule has 7 nitrogen and oxygen atoms in total. The van der Waals surface area contributed by atoms with Gasteiger partial charge in [0.05, 0.1) is 27.3 Å². The third-order valence-electron chi connectivity index (χ3n) is 5.82. The number of hydrogen-bond acceptors (Lipinski definition) is 6. The fourth-order valence-corrected chi connectivity index (χ4v) is 6.71. The third-order valence-corrected chi connectivity index (χ3v) is 8.76. The van der Waals surface area contributed by atoms with E-state index in [-0.39, 0.29) is 23.0 Å². The van der Waals surface area contributed by atoms with Crippen LogP contribution in [0, 0.1) is 0 Å². The van der Waals surface area contributed by atoms with Crippen molar-refractivity contribution < 1.29 is 17.9 Å². The standard InChI is InChI=1S/C26H25N3O4S2/c1-17-15-29(16-18(2)33-17)35(31,32)22-13-9-19(10-14-22)25(30)27-21-11-7-20(8-12-21)26-28-23-5-3-4-6-24(23)34-26/h3-14,17-18H,15-16H2,1-2H3,(H,27,30)/t17-,18+. The third kappa shape index (κ3) is 4.99. The number of sulfonamides is 1. The number of carbonyl (C=O) groups is 1. The lowest BCUT2D eigenvalue weighted by atomic mass is 10.2. The normalized spacial score (nSPS) is 19.0. The number of ether oxygens (including phenoxy) is 1. The predicted octanol–water partition coefficient (Wildman–Crippen LogP) is 5.01. The first-order valence-corrected chi connectivity index (χ1v) is 13.6. The SMILES string of the molecule is C[C@@H]1CN(S(=O)(=O)c2ccc(C(=O)Nc3ccc(-c4nc5ccccc5s4)cc3)cc2)C[C@H](C)O1. The fraction of sp³-hybridized carbons (Fsp3) is 0.231. The Morgan fingerprint density at radius 2 is 1.63 bits per heavy atom. The van der Waals surface area contributed by atoms with Crippen LogP contribution in [0.5, 0.6) is 0 Å². The minimum atomic E-state index is -3.65. The van der Waals surface area contributed by atoms with Gasteiger partial charge in [0.1, 0.15) is 5.01 Å². The summed E-state index contributed by atoms with van der Waals surface area (Å²) in [6, 6.07) is 21.5. The maximum atomic E-state index is 13.0. The van der Waals surface area contributed by atoms with E-state index in [0.717, 1.165) is 20.8 Å². The highest BCUT2D eigenvalue weighted by molar-refractivity contribution is 7.89. The Balaban J connectivity index is 1.27. The second-order valence-corrected chi connectivity index (χ2v) is 11.6. The summed E-state index contributed by atoms with van der Waals surface area (Å²) in [7, 11) is -3.65. The molecule has 35 heavy (non-hydrogen) atoms. The number of nitrogens with zero attached hydrogens (tertiary/aromatic N) is 2. The van der Waals surface area contributed by atoms with Crippen molar-refractivity contribution in [1.82, 2.24) is 9.29 Å². The topological polar surface area (TPSA) is 88.6 Å². The number of carbonyl (C=O) groups excluding carboxylic acids is 1. The van der Waals surface area contributed by atoms with Crippen LogP contribution in [0.3, 0.4) is 0 Å². The van der Waals surface area contributed by atoms with Gasteiger partial charge < -0.3 is 10.1 Å². The molecule has 2 heterocycles. The van der Waals surface area contributed by atoms with E-state index in [1.165, 1.54) is 28.6 Å². The lowest BCUT2D eigenvalue weighted by molar-refractivity contribution is -0.0440. The first kappa shape index (κ1) is 23.6. The van der Waals surface area contributed by atoms with Gasteiger partial charge in [0, 0.05) is 29.9 Å². The summed E-state index contributed by atoms with van der Waals surface area (Å²) in [5.41, 5.74) is 2.97. The molecule has 1 amide bonds. The molecule has 9 heteroatoms. The van der Waals surface area contributed by atoms with Crippen molar-refractivity contribution in [2.75, 3.05) is 18.4 Å². The van der Waals surface area contributed by atoms with Gasteiger partial charge in [-0.25, -0.2) is 13.4 Å². The van der Waals surface area contributed by atoms with Crippen LogP contribution in [0.1, 0.15) is 24.2 Å². The molecule has 3 aromatic carbocycles. The van der Waals surface area contributed by atoms with Gasteiger partial charge in [0.15, 0.2) is 0 Å². The van der Waals surface area contributed by atoms with Gasteiger partial charge in [0.25, 0.3) is 5.91 Å². The highest BCUT2D eigenvalue weighted by Crippen LogP contribution is 2.30. The summed E-state index contributed by atoms with van der Waals surface area (Å²) in [5.74, 6) is -0.310. The van der Waals surface area contributed by atoms with Crippen molar-refractivity contribution in [3.05, 3.63) is 78.4 Å². The van der Waals surface area contributed by atoms with Crippen LogP contribution in [-0.4, -0.2) is 48.9 Å². The minimum Gasteiger partial charge on any atom is -0.373 e. The molecule has 4 aromatic rings. The van der Waals surface area contributed by atoms with E-state index in [1.54, 1.807) is 11.3 Å². The summed E-state index contributed by atoms with van der Waals surface area (Å²) in [4.78, 5) is 17.6. The molecule has 2 atom stereocenters. The summed E-state index contributed by atoms with van der Waals surface area (Å²) in [5, 5.41) is 3.79. The van der Waals surface area contributed by atoms with E-state index in [0.29, 0.717) is 24.3 Å². The van der Waals surface area contributed by atoms with Gasteiger partial charge in [-0.1, -0.05) is 12.1 Å². The highest BCUT2D eigenvalue weighted by atomic mass is 32.2. The van der Waals surface area contributed by atoms with Crippen molar-refractivity contribution in [3.63, 3.8) is 0 Å². The average molecular weight is 508 g/mol. The summed E-state index contributed by atoms with van der Waals surface area (Å²) in [6.45, 7) is 4.33. The number of aromatic nitrogens is 1. The maximum Gasteiger partial charge on any atom is 0.255 e. The molecule has 0 aliphatic carbocycles. The second-order valence-electron chi connectivity index (χ2n) is 8.62. The highest BCUT2D eigenvalue weighted by Gasteiger charge is 2.32. The smallest absolute Gasteiger partial charge is 0.255 e. The van der Waals surface area contributed by atoms with Crippen LogP contribution in [0.15, 0.2) is 77.7 Å². The molecule has 1 saturated heterocycles. The molecule has 1 N–H and O–H groups in total. The second kappa shape index (κ2) is 9.50. The Morgan fingerprint density at radius 1 is 0.971 bits per heavy atom. The Hall–Kier alpha value is -3.11. The lowest BCUT2D eigenvalue weighted by Crippen LogP contribution is -2.48. The van der Waals surface area contributed by atoms with E-state index in [9.17, 15) is 13.2 Å². The molecule has 5 rings (SSSR count). The number of benzene rings is 3. The zero-order valence-electron chi connectivity index (χ0n) is 19.3. The number of fused-ring (bicyclic) bond motifs is 1. The van der Waals surface area contributed by atoms with E-state index >= 15 is 0 Å². The Morgan fingerprint density at radius 3 is 2.29 bits per heavy atom. The number of nitrogens with one attached hydrogen (secondary N) is 1. The molecular formula is C26H25N3O4S2. The van der Waals surface area contributed by atoms with Crippen molar-refractivity contribution in [1.29, 1.82) is 0 Å². The molecule has 0 bridgehead atoms. The Kier molecular flexibility index (Phi) is 6.41. The molecular weight excluding hydrogens is 482 g/mol.